The lowest BCUT2D eigenvalue weighted by molar-refractivity contribution is -0.0663. The fourth-order valence-electron chi connectivity index (χ4n) is 4.21. The van der Waals surface area contributed by atoms with Gasteiger partial charge in [-0.1, -0.05) is 30.3 Å². The number of benzene rings is 2. The molecule has 0 unspecified atom stereocenters. The van der Waals surface area contributed by atoms with Crippen LogP contribution in [-0.4, -0.2) is 51.6 Å². The van der Waals surface area contributed by atoms with Crippen LogP contribution in [0.4, 0.5) is 0 Å². The van der Waals surface area contributed by atoms with Crippen LogP contribution in [0.25, 0.3) is 0 Å². The van der Waals surface area contributed by atoms with Crippen LogP contribution in [0.2, 0.25) is 0 Å². The minimum absolute atomic E-state index is 0.124. The van der Waals surface area contributed by atoms with Crippen molar-refractivity contribution in [2.75, 3.05) is 19.7 Å². The van der Waals surface area contributed by atoms with E-state index in [0.29, 0.717) is 30.8 Å². The van der Waals surface area contributed by atoms with Gasteiger partial charge < -0.3 is 20.1 Å². The largest absolute Gasteiger partial charge is 0.508 e. The van der Waals surface area contributed by atoms with E-state index >= 15 is 0 Å². The minimum Gasteiger partial charge on any atom is -0.508 e. The summed E-state index contributed by atoms with van der Waals surface area (Å²) in [6, 6.07) is 15.0. The van der Waals surface area contributed by atoms with E-state index in [9.17, 15) is 15.3 Å². The van der Waals surface area contributed by atoms with Crippen molar-refractivity contribution in [2.24, 2.45) is 0 Å². The second-order valence-corrected chi connectivity index (χ2v) is 7.79. The number of ether oxygens (including phenoxy) is 1. The number of aromatic hydroxyl groups is 1. The molecule has 3 N–H and O–H groups in total. The lowest BCUT2D eigenvalue weighted by Crippen LogP contribution is -2.53. The molecule has 1 fully saturated rings. The molecule has 1 saturated heterocycles. The predicted molar refractivity (Wildman–Crippen MR) is 103 cm³/mol. The van der Waals surface area contributed by atoms with Gasteiger partial charge in [-0.15, -0.1) is 0 Å². The smallest absolute Gasteiger partial charge is 0.128 e. The number of fused-ring (bicyclic) bond motifs is 1. The highest BCUT2D eigenvalue weighted by Gasteiger charge is 2.39. The first-order chi connectivity index (χ1) is 13.0. The second-order valence-electron chi connectivity index (χ2n) is 7.79. The van der Waals surface area contributed by atoms with Gasteiger partial charge in [0.2, 0.25) is 0 Å². The average molecular weight is 369 g/mol. The SMILES string of the molecule is Oc1ccc2c(c1)OC[C@@H](N1CCC(O)(CCc3ccccc3)CC1)[C@H]2O. The van der Waals surface area contributed by atoms with Gasteiger partial charge in [-0.3, -0.25) is 4.90 Å². The Kier molecular flexibility index (Phi) is 5.08. The van der Waals surface area contributed by atoms with Crippen LogP contribution in [0, 0.1) is 0 Å². The number of aliphatic hydroxyl groups excluding tert-OH is 1. The summed E-state index contributed by atoms with van der Waals surface area (Å²) >= 11 is 0. The van der Waals surface area contributed by atoms with E-state index in [2.05, 4.69) is 17.0 Å². The fourth-order valence-corrected chi connectivity index (χ4v) is 4.21. The molecule has 5 heteroatoms. The average Bonchev–Trinajstić information content (AvgIpc) is 2.69. The number of piperidine rings is 1. The molecule has 0 saturated carbocycles. The summed E-state index contributed by atoms with van der Waals surface area (Å²) < 4.78 is 5.77. The van der Waals surface area contributed by atoms with E-state index in [1.807, 2.05) is 18.2 Å². The van der Waals surface area contributed by atoms with Crippen LogP contribution in [0.15, 0.2) is 48.5 Å². The molecule has 2 atom stereocenters. The number of phenols is 1. The van der Waals surface area contributed by atoms with Crippen LogP contribution in [-0.2, 0) is 6.42 Å². The topological polar surface area (TPSA) is 73.2 Å². The van der Waals surface area contributed by atoms with Crippen LogP contribution < -0.4 is 4.74 Å². The monoisotopic (exact) mass is 369 g/mol. The number of nitrogens with zero attached hydrogens (tertiary/aromatic N) is 1. The molecule has 2 aliphatic rings. The molecule has 2 aromatic carbocycles. The molecule has 4 rings (SSSR count). The third kappa shape index (κ3) is 3.95. The highest BCUT2D eigenvalue weighted by Crippen LogP contribution is 2.38. The van der Waals surface area contributed by atoms with Crippen molar-refractivity contribution in [2.45, 2.75) is 43.4 Å². The summed E-state index contributed by atoms with van der Waals surface area (Å²) in [6.07, 6.45) is 2.39. The fraction of sp³-hybridized carbons (Fsp3) is 0.455. The van der Waals surface area contributed by atoms with Gasteiger partial charge in [0.15, 0.2) is 0 Å². The van der Waals surface area contributed by atoms with Gasteiger partial charge in [0.25, 0.3) is 0 Å². The van der Waals surface area contributed by atoms with E-state index < -0.39 is 11.7 Å². The highest BCUT2D eigenvalue weighted by atomic mass is 16.5. The zero-order chi connectivity index (χ0) is 18.9. The number of rotatable bonds is 4. The molecule has 2 heterocycles. The Morgan fingerprint density at radius 2 is 1.81 bits per heavy atom. The molecule has 0 bridgehead atoms. The molecule has 27 heavy (non-hydrogen) atoms. The molecule has 5 nitrogen and oxygen atoms in total. The molecule has 2 aromatic rings. The molecule has 0 aliphatic carbocycles. The molecule has 144 valence electrons. The van der Waals surface area contributed by atoms with Crippen molar-refractivity contribution < 1.29 is 20.1 Å². The van der Waals surface area contributed by atoms with Crippen LogP contribution in [0.5, 0.6) is 11.5 Å². The number of aliphatic hydroxyl groups is 2. The molecule has 2 aliphatic heterocycles. The van der Waals surface area contributed by atoms with E-state index in [-0.39, 0.29) is 11.8 Å². The van der Waals surface area contributed by atoms with Gasteiger partial charge in [-0.05, 0) is 43.4 Å². The summed E-state index contributed by atoms with van der Waals surface area (Å²) in [4.78, 5) is 2.22. The lowest BCUT2D eigenvalue weighted by Gasteiger charge is -2.44. The van der Waals surface area contributed by atoms with E-state index in [1.165, 1.54) is 5.56 Å². The third-order valence-electron chi connectivity index (χ3n) is 6.01. The van der Waals surface area contributed by atoms with Gasteiger partial charge >= 0.3 is 0 Å². The zero-order valence-corrected chi connectivity index (χ0v) is 15.4. The zero-order valence-electron chi connectivity index (χ0n) is 15.4. The normalized spacial score (nSPS) is 24.8. The number of likely N-dealkylation sites (tertiary alicyclic amines) is 1. The Labute approximate surface area is 159 Å². The molecule has 0 radical (unpaired) electrons. The Morgan fingerprint density at radius 3 is 2.56 bits per heavy atom. The predicted octanol–water partition coefficient (Wildman–Crippen LogP) is 2.65. The summed E-state index contributed by atoms with van der Waals surface area (Å²) in [5.41, 5.74) is 1.33. The van der Waals surface area contributed by atoms with Gasteiger partial charge in [0.1, 0.15) is 24.2 Å². The van der Waals surface area contributed by atoms with Crippen molar-refractivity contribution in [1.82, 2.24) is 4.90 Å². The van der Waals surface area contributed by atoms with Gasteiger partial charge in [0.05, 0.1) is 11.6 Å². The molecular weight excluding hydrogens is 342 g/mol. The minimum atomic E-state index is -0.648. The van der Waals surface area contributed by atoms with Gasteiger partial charge in [-0.25, -0.2) is 0 Å². The number of hydrogen-bond donors (Lipinski definition) is 3. The third-order valence-corrected chi connectivity index (χ3v) is 6.01. The lowest BCUT2D eigenvalue weighted by atomic mass is 9.84. The van der Waals surface area contributed by atoms with Gasteiger partial charge in [0, 0.05) is 24.7 Å². The molecular formula is C22H27NO4. The molecule has 0 amide bonds. The standard InChI is InChI=1S/C22H27NO4/c24-17-6-7-18-20(14-17)27-15-19(21(18)25)23-12-10-22(26,11-13-23)9-8-16-4-2-1-3-5-16/h1-7,14,19,21,24-26H,8-13,15H2/t19-,21+/m1/s1. The summed E-state index contributed by atoms with van der Waals surface area (Å²) in [7, 11) is 0. The van der Waals surface area contributed by atoms with Crippen molar-refractivity contribution in [1.29, 1.82) is 0 Å². The van der Waals surface area contributed by atoms with Crippen LogP contribution in [0.3, 0.4) is 0 Å². The maximum Gasteiger partial charge on any atom is 0.128 e. The maximum atomic E-state index is 11.0. The van der Waals surface area contributed by atoms with Crippen LogP contribution in [0.1, 0.15) is 36.5 Å². The molecule has 0 spiro atoms. The van der Waals surface area contributed by atoms with E-state index in [0.717, 1.165) is 25.9 Å². The van der Waals surface area contributed by atoms with Crippen molar-refractivity contribution in [3.8, 4) is 11.5 Å². The summed E-state index contributed by atoms with van der Waals surface area (Å²) in [6.45, 7) is 1.87. The Morgan fingerprint density at radius 1 is 1.07 bits per heavy atom. The number of aryl methyl sites for hydroxylation is 1. The Hall–Kier alpha value is -2.08. The van der Waals surface area contributed by atoms with Crippen LogP contribution >= 0.6 is 0 Å². The Balaban J connectivity index is 1.35. The van der Waals surface area contributed by atoms with Gasteiger partial charge in [-0.2, -0.15) is 0 Å². The summed E-state index contributed by atoms with van der Waals surface area (Å²) in [5.74, 6) is 0.691. The van der Waals surface area contributed by atoms with Crippen molar-refractivity contribution in [3.05, 3.63) is 59.7 Å². The summed E-state index contributed by atoms with van der Waals surface area (Å²) in [5, 5.41) is 31.3. The number of hydrogen-bond acceptors (Lipinski definition) is 5. The maximum absolute atomic E-state index is 11.0. The first-order valence-corrected chi connectivity index (χ1v) is 9.68. The van der Waals surface area contributed by atoms with Crippen molar-refractivity contribution in [3.63, 3.8) is 0 Å². The second kappa shape index (κ2) is 7.50. The van der Waals surface area contributed by atoms with Crippen molar-refractivity contribution >= 4 is 0 Å². The Bertz CT molecular complexity index is 771. The molecule has 0 aromatic heterocycles. The first kappa shape index (κ1) is 18.3. The van der Waals surface area contributed by atoms with E-state index in [1.54, 1.807) is 18.2 Å². The van der Waals surface area contributed by atoms with E-state index in [4.69, 9.17) is 4.74 Å². The first-order valence-electron chi connectivity index (χ1n) is 9.68. The quantitative estimate of drug-likeness (QED) is 0.773. The highest BCUT2D eigenvalue weighted by molar-refractivity contribution is 5.43. The number of phenolic OH excluding ortho intramolecular Hbond substituents is 1.